The van der Waals surface area contributed by atoms with Gasteiger partial charge in [0, 0.05) is 12.1 Å². The van der Waals surface area contributed by atoms with Gasteiger partial charge in [-0.2, -0.15) is 14.1 Å². The van der Waals surface area contributed by atoms with Crippen molar-refractivity contribution in [1.82, 2.24) is 4.90 Å². The van der Waals surface area contributed by atoms with Gasteiger partial charge in [0.15, 0.2) is 0 Å². The fraction of sp³-hybridized carbons (Fsp3) is 0.900. The van der Waals surface area contributed by atoms with Crippen molar-refractivity contribution in [2.24, 2.45) is 0 Å². The molecular weight excluding hydrogens is 196 g/mol. The first kappa shape index (κ1) is 19.2. The van der Waals surface area contributed by atoms with Gasteiger partial charge in [0.2, 0.25) is 0 Å². The minimum atomic E-state index is 0. The Hall–Kier alpha value is 0.634. The largest absolute Gasteiger partial charge is 2.00 e. The summed E-state index contributed by atoms with van der Waals surface area (Å²) in [6, 6.07) is 1.25. The maximum absolute atomic E-state index is 3.85. The minimum absolute atomic E-state index is 0. The van der Waals surface area contributed by atoms with Crippen molar-refractivity contribution in [3.63, 3.8) is 0 Å². The fourth-order valence-corrected chi connectivity index (χ4v) is 1.11. The van der Waals surface area contributed by atoms with Crippen LogP contribution in [0.1, 0.15) is 27.7 Å². The van der Waals surface area contributed by atoms with Gasteiger partial charge >= 0.3 is 21.7 Å². The zero-order chi connectivity index (χ0) is 10.1. The Morgan fingerprint density at radius 3 is 1.31 bits per heavy atom. The standard InChI is InChI=1S/C8H18N.C2H6N.Ti/c1-6-9(7(2)3)8(4)5;1-3-2;/h7-8H,1,6H2,2-5H3;1-2H3;/q2*-1;+2. The average Bonchev–Trinajstić information content (AvgIpc) is 1.88. The van der Waals surface area contributed by atoms with E-state index in [9.17, 15) is 0 Å². The van der Waals surface area contributed by atoms with E-state index in [0.717, 1.165) is 6.54 Å². The van der Waals surface area contributed by atoms with Gasteiger partial charge < -0.3 is 17.1 Å². The van der Waals surface area contributed by atoms with E-state index in [1.54, 1.807) is 14.1 Å². The van der Waals surface area contributed by atoms with Gasteiger partial charge in [-0.25, -0.2) is 0 Å². The van der Waals surface area contributed by atoms with E-state index >= 15 is 0 Å². The number of hydrogen-bond donors (Lipinski definition) is 0. The first-order valence-corrected chi connectivity index (χ1v) is 4.54. The van der Waals surface area contributed by atoms with Crippen LogP contribution in [0.15, 0.2) is 0 Å². The summed E-state index contributed by atoms with van der Waals surface area (Å²) in [5, 5.41) is 3.50. The molecule has 0 heterocycles. The summed E-state index contributed by atoms with van der Waals surface area (Å²) in [6.07, 6.45) is 0. The first-order chi connectivity index (χ1) is 5.51. The summed E-state index contributed by atoms with van der Waals surface area (Å²) >= 11 is 0. The summed E-state index contributed by atoms with van der Waals surface area (Å²) in [6.45, 7) is 13.6. The maximum atomic E-state index is 3.85. The van der Waals surface area contributed by atoms with Crippen molar-refractivity contribution in [2.75, 3.05) is 20.6 Å². The first-order valence-electron chi connectivity index (χ1n) is 4.54. The topological polar surface area (TPSA) is 17.3 Å². The molecule has 0 rings (SSSR count). The van der Waals surface area contributed by atoms with Crippen LogP contribution in [-0.4, -0.2) is 37.6 Å². The van der Waals surface area contributed by atoms with Crippen molar-refractivity contribution in [3.05, 3.63) is 12.2 Å². The third-order valence-electron chi connectivity index (χ3n) is 1.58. The predicted molar refractivity (Wildman–Crippen MR) is 57.5 cm³/mol. The van der Waals surface area contributed by atoms with Gasteiger partial charge in [-0.05, 0) is 27.7 Å². The molecule has 0 aliphatic heterocycles. The quantitative estimate of drug-likeness (QED) is 0.527. The van der Waals surface area contributed by atoms with Crippen LogP contribution in [0.5, 0.6) is 0 Å². The van der Waals surface area contributed by atoms with Crippen molar-refractivity contribution in [1.29, 1.82) is 0 Å². The molecule has 0 N–H and O–H groups in total. The molecule has 0 aliphatic rings. The molecule has 0 amide bonds. The molecule has 0 saturated carbocycles. The summed E-state index contributed by atoms with van der Waals surface area (Å²) in [5.74, 6) is 0. The molecule has 0 atom stereocenters. The molecule has 0 unspecified atom stereocenters. The maximum Gasteiger partial charge on any atom is 2.00 e. The van der Waals surface area contributed by atoms with E-state index in [-0.39, 0.29) is 21.7 Å². The van der Waals surface area contributed by atoms with Gasteiger partial charge in [0.05, 0.1) is 0 Å². The van der Waals surface area contributed by atoms with E-state index in [2.05, 4.69) is 44.8 Å². The van der Waals surface area contributed by atoms with Gasteiger partial charge in [0.25, 0.3) is 0 Å². The van der Waals surface area contributed by atoms with E-state index in [0.29, 0.717) is 12.1 Å². The normalized spacial score (nSPS) is 9.69. The molecule has 0 spiro atoms. The fourth-order valence-electron chi connectivity index (χ4n) is 1.11. The number of rotatable bonds is 3. The van der Waals surface area contributed by atoms with Crippen LogP contribution in [0.25, 0.3) is 5.32 Å². The molecule has 0 fully saturated rings. The molecule has 78 valence electrons. The summed E-state index contributed by atoms with van der Waals surface area (Å²) in [4.78, 5) is 2.35. The second kappa shape index (κ2) is 12.6. The minimum Gasteiger partial charge on any atom is -0.668 e. The summed E-state index contributed by atoms with van der Waals surface area (Å²) in [7, 11) is 3.50. The second-order valence-electron chi connectivity index (χ2n) is 3.37. The SMILES string of the molecule is C[N-]C.[CH2-]CN(C(C)C)C(C)C.[Ti+2]. The molecule has 0 bridgehead atoms. The van der Waals surface area contributed by atoms with Crippen molar-refractivity contribution >= 4 is 0 Å². The van der Waals surface area contributed by atoms with Gasteiger partial charge in [-0.15, -0.1) is 6.54 Å². The van der Waals surface area contributed by atoms with Crippen LogP contribution >= 0.6 is 0 Å². The molecule has 0 saturated heterocycles. The van der Waals surface area contributed by atoms with Crippen LogP contribution in [0.4, 0.5) is 0 Å². The zero-order valence-corrected chi connectivity index (χ0v) is 11.5. The van der Waals surface area contributed by atoms with E-state index in [1.165, 1.54) is 0 Å². The molecule has 13 heavy (non-hydrogen) atoms. The van der Waals surface area contributed by atoms with E-state index in [1.807, 2.05) is 0 Å². The molecule has 2 nitrogen and oxygen atoms in total. The zero-order valence-electron chi connectivity index (χ0n) is 9.96. The third-order valence-corrected chi connectivity index (χ3v) is 1.58. The Morgan fingerprint density at radius 2 is 1.31 bits per heavy atom. The molecule has 0 aromatic rings. The number of nitrogens with zero attached hydrogens (tertiary/aromatic N) is 2. The van der Waals surface area contributed by atoms with Crippen molar-refractivity contribution in [3.8, 4) is 0 Å². The molecule has 0 aliphatic carbocycles. The average molecular weight is 220 g/mol. The van der Waals surface area contributed by atoms with Crippen molar-refractivity contribution < 1.29 is 21.7 Å². The van der Waals surface area contributed by atoms with Crippen LogP contribution in [0, 0.1) is 6.92 Å². The van der Waals surface area contributed by atoms with Crippen LogP contribution in [0.3, 0.4) is 0 Å². The third kappa shape index (κ3) is 12.6. The Bertz CT molecular complexity index is 77.0. The monoisotopic (exact) mass is 220 g/mol. The Morgan fingerprint density at radius 1 is 1.08 bits per heavy atom. The molecule has 0 aromatic heterocycles. The van der Waals surface area contributed by atoms with Gasteiger partial charge in [-0.3, -0.25) is 0 Å². The van der Waals surface area contributed by atoms with E-state index in [4.69, 9.17) is 0 Å². The second-order valence-corrected chi connectivity index (χ2v) is 3.37. The Labute approximate surface area is 99.3 Å². The van der Waals surface area contributed by atoms with Crippen LogP contribution < -0.4 is 0 Å². The molecule has 0 aromatic carbocycles. The van der Waals surface area contributed by atoms with Crippen LogP contribution in [0.2, 0.25) is 0 Å². The molecule has 3 heteroatoms. The molecule has 0 radical (unpaired) electrons. The van der Waals surface area contributed by atoms with Gasteiger partial charge in [0.1, 0.15) is 0 Å². The van der Waals surface area contributed by atoms with Crippen molar-refractivity contribution in [2.45, 2.75) is 39.8 Å². The smallest absolute Gasteiger partial charge is 0.668 e. The van der Waals surface area contributed by atoms with Gasteiger partial charge in [-0.1, -0.05) is 0 Å². The van der Waals surface area contributed by atoms with Crippen LogP contribution in [-0.2, 0) is 21.7 Å². The summed E-state index contributed by atoms with van der Waals surface area (Å²) in [5.41, 5.74) is 0. The Kier molecular flexibility index (Phi) is 18.7. The number of hydrogen-bond acceptors (Lipinski definition) is 1. The Balaban J connectivity index is -0.000000220. The molecular formula is C10H24N2Ti. The van der Waals surface area contributed by atoms with E-state index < -0.39 is 0 Å². The predicted octanol–water partition coefficient (Wildman–Crippen LogP) is 2.56. The summed E-state index contributed by atoms with van der Waals surface area (Å²) < 4.78 is 0.